The van der Waals surface area contributed by atoms with Crippen molar-refractivity contribution >= 4 is 0 Å². The highest BCUT2D eigenvalue weighted by Gasteiger charge is 2.15. The fourth-order valence-electron chi connectivity index (χ4n) is 2.12. The highest BCUT2D eigenvalue weighted by molar-refractivity contribution is 4.79. The van der Waals surface area contributed by atoms with Crippen molar-refractivity contribution in [3.05, 3.63) is 18.5 Å². The first-order valence-electron chi connectivity index (χ1n) is 6.16. The maximum atomic E-state index is 5.45. The van der Waals surface area contributed by atoms with Crippen LogP contribution < -0.4 is 5.32 Å². The van der Waals surface area contributed by atoms with Crippen molar-refractivity contribution in [2.75, 3.05) is 13.2 Å². The second-order valence-corrected chi connectivity index (χ2v) is 4.54. The minimum atomic E-state index is 0.524. The maximum absolute atomic E-state index is 5.45. The van der Waals surface area contributed by atoms with Gasteiger partial charge >= 0.3 is 0 Å². The molecule has 1 N–H and O–H groups in total. The van der Waals surface area contributed by atoms with E-state index in [2.05, 4.69) is 17.3 Å². The van der Waals surface area contributed by atoms with E-state index in [9.17, 15) is 0 Å². The second kappa shape index (κ2) is 6.01. The van der Waals surface area contributed by atoms with Crippen LogP contribution in [0.1, 0.15) is 26.2 Å². The third kappa shape index (κ3) is 3.61. The van der Waals surface area contributed by atoms with Crippen molar-refractivity contribution in [1.82, 2.24) is 15.1 Å². The zero-order chi connectivity index (χ0) is 11.2. The van der Waals surface area contributed by atoms with Crippen molar-refractivity contribution in [1.29, 1.82) is 0 Å². The number of nitrogens with one attached hydrogen (secondary N) is 1. The summed E-state index contributed by atoms with van der Waals surface area (Å²) in [4.78, 5) is 0. The Hall–Kier alpha value is -0.870. The maximum Gasteiger partial charge on any atom is 0.0619 e. The van der Waals surface area contributed by atoms with E-state index in [0.717, 1.165) is 26.2 Å². The average Bonchev–Trinajstić information content (AvgIpc) is 2.81. The fraction of sp³-hybridized carbons (Fsp3) is 0.750. The largest absolute Gasteiger partial charge is 0.380 e. The van der Waals surface area contributed by atoms with Crippen LogP contribution in [-0.2, 0) is 11.3 Å². The molecule has 1 saturated heterocycles. The number of aromatic nitrogens is 2. The van der Waals surface area contributed by atoms with Gasteiger partial charge in [-0.3, -0.25) is 4.68 Å². The molecule has 4 heteroatoms. The Bertz CT molecular complexity index is 280. The smallest absolute Gasteiger partial charge is 0.0619 e. The lowest BCUT2D eigenvalue weighted by atomic mass is 10.1. The molecule has 1 fully saturated rings. The van der Waals surface area contributed by atoms with Gasteiger partial charge in [0.05, 0.1) is 6.61 Å². The van der Waals surface area contributed by atoms with E-state index in [-0.39, 0.29) is 0 Å². The van der Waals surface area contributed by atoms with E-state index in [1.54, 1.807) is 0 Å². The van der Waals surface area contributed by atoms with Crippen LogP contribution in [-0.4, -0.2) is 35.1 Å². The molecule has 0 amide bonds. The van der Waals surface area contributed by atoms with Gasteiger partial charge in [0.15, 0.2) is 0 Å². The third-order valence-corrected chi connectivity index (χ3v) is 3.03. The molecule has 1 aliphatic rings. The Morgan fingerprint density at radius 3 is 3.25 bits per heavy atom. The first-order chi connectivity index (χ1) is 7.84. The topological polar surface area (TPSA) is 39.1 Å². The fourth-order valence-corrected chi connectivity index (χ4v) is 2.12. The van der Waals surface area contributed by atoms with Gasteiger partial charge in [-0.05, 0) is 32.3 Å². The quantitative estimate of drug-likeness (QED) is 0.820. The molecule has 0 radical (unpaired) electrons. The van der Waals surface area contributed by atoms with Crippen LogP contribution in [0.4, 0.5) is 0 Å². The number of hydrogen-bond donors (Lipinski definition) is 1. The Kier molecular flexibility index (Phi) is 4.36. The van der Waals surface area contributed by atoms with Gasteiger partial charge < -0.3 is 10.1 Å². The lowest BCUT2D eigenvalue weighted by Gasteiger charge is -2.26. The lowest BCUT2D eigenvalue weighted by Crippen LogP contribution is -2.42. The highest BCUT2D eigenvalue weighted by atomic mass is 16.5. The van der Waals surface area contributed by atoms with Gasteiger partial charge in [0.25, 0.3) is 0 Å². The minimum Gasteiger partial charge on any atom is -0.380 e. The first kappa shape index (κ1) is 11.6. The number of ether oxygens (including phenoxy) is 1. The predicted molar refractivity (Wildman–Crippen MR) is 63.3 cm³/mol. The predicted octanol–water partition coefficient (Wildman–Crippen LogP) is 1.43. The van der Waals surface area contributed by atoms with Crippen LogP contribution >= 0.6 is 0 Å². The summed E-state index contributed by atoms with van der Waals surface area (Å²) in [5.41, 5.74) is 0. The van der Waals surface area contributed by atoms with Crippen LogP contribution in [0.2, 0.25) is 0 Å². The van der Waals surface area contributed by atoms with Crippen molar-refractivity contribution < 1.29 is 4.74 Å². The molecule has 0 saturated carbocycles. The summed E-state index contributed by atoms with van der Waals surface area (Å²) in [6, 6.07) is 3.03. The first-order valence-corrected chi connectivity index (χ1v) is 6.16. The second-order valence-electron chi connectivity index (χ2n) is 4.54. The molecule has 2 atom stereocenters. The molecule has 2 rings (SSSR count). The summed E-state index contributed by atoms with van der Waals surface area (Å²) in [5.74, 6) is 0. The van der Waals surface area contributed by atoms with Crippen molar-refractivity contribution in [3.63, 3.8) is 0 Å². The summed E-state index contributed by atoms with van der Waals surface area (Å²) in [7, 11) is 0. The molecule has 16 heavy (non-hydrogen) atoms. The molecule has 2 heterocycles. The Labute approximate surface area is 97.0 Å². The molecule has 0 spiro atoms. The molecule has 1 aliphatic heterocycles. The van der Waals surface area contributed by atoms with Gasteiger partial charge in [0, 0.05) is 37.6 Å². The van der Waals surface area contributed by atoms with Crippen LogP contribution in [0.5, 0.6) is 0 Å². The highest BCUT2D eigenvalue weighted by Crippen LogP contribution is 2.07. The van der Waals surface area contributed by atoms with E-state index in [1.165, 1.54) is 12.8 Å². The van der Waals surface area contributed by atoms with E-state index in [1.807, 2.05) is 23.1 Å². The van der Waals surface area contributed by atoms with E-state index in [0.29, 0.717) is 12.1 Å². The standard InChI is InChI=1S/C12H21N3O/c1-11(5-8-15-7-3-6-13-15)14-12-4-2-9-16-10-12/h3,6-7,11-12,14H,2,4-5,8-10H2,1H3. The summed E-state index contributed by atoms with van der Waals surface area (Å²) in [6.07, 6.45) is 7.37. The number of nitrogens with zero attached hydrogens (tertiary/aromatic N) is 2. The molecule has 2 unspecified atom stereocenters. The number of rotatable bonds is 5. The van der Waals surface area contributed by atoms with Gasteiger partial charge in [-0.25, -0.2) is 0 Å². The van der Waals surface area contributed by atoms with Gasteiger partial charge in [-0.2, -0.15) is 5.10 Å². The summed E-state index contributed by atoms with van der Waals surface area (Å²) in [6.45, 7) is 5.01. The van der Waals surface area contributed by atoms with Crippen molar-refractivity contribution in [2.24, 2.45) is 0 Å². The lowest BCUT2D eigenvalue weighted by molar-refractivity contribution is 0.0665. The average molecular weight is 223 g/mol. The summed E-state index contributed by atoms with van der Waals surface area (Å²) >= 11 is 0. The molecule has 0 aromatic carbocycles. The zero-order valence-corrected chi connectivity index (χ0v) is 9.93. The number of hydrogen-bond acceptors (Lipinski definition) is 3. The van der Waals surface area contributed by atoms with E-state index in [4.69, 9.17) is 4.74 Å². The molecule has 90 valence electrons. The van der Waals surface area contributed by atoms with Crippen LogP contribution in [0, 0.1) is 0 Å². The van der Waals surface area contributed by atoms with Gasteiger partial charge in [0.1, 0.15) is 0 Å². The van der Waals surface area contributed by atoms with E-state index < -0.39 is 0 Å². The molecule has 4 nitrogen and oxygen atoms in total. The van der Waals surface area contributed by atoms with Crippen molar-refractivity contribution in [2.45, 2.75) is 44.8 Å². The summed E-state index contributed by atoms with van der Waals surface area (Å²) in [5, 5.41) is 7.81. The van der Waals surface area contributed by atoms with Crippen LogP contribution in [0.3, 0.4) is 0 Å². The minimum absolute atomic E-state index is 0.524. The van der Waals surface area contributed by atoms with Gasteiger partial charge in [-0.1, -0.05) is 0 Å². The Morgan fingerprint density at radius 1 is 1.62 bits per heavy atom. The molecule has 0 aliphatic carbocycles. The molecular weight excluding hydrogens is 202 g/mol. The molecule has 1 aromatic rings. The molecular formula is C12H21N3O. The van der Waals surface area contributed by atoms with Gasteiger partial charge in [0.2, 0.25) is 0 Å². The van der Waals surface area contributed by atoms with Crippen LogP contribution in [0.25, 0.3) is 0 Å². The number of aryl methyl sites for hydroxylation is 1. The Morgan fingerprint density at radius 2 is 2.56 bits per heavy atom. The van der Waals surface area contributed by atoms with Gasteiger partial charge in [-0.15, -0.1) is 0 Å². The Balaban J connectivity index is 1.65. The summed E-state index contributed by atoms with van der Waals surface area (Å²) < 4.78 is 7.43. The zero-order valence-electron chi connectivity index (χ0n) is 9.93. The SMILES string of the molecule is CC(CCn1cccn1)NC1CCCOC1. The van der Waals surface area contributed by atoms with Crippen molar-refractivity contribution in [3.8, 4) is 0 Å². The molecule has 0 bridgehead atoms. The third-order valence-electron chi connectivity index (χ3n) is 3.03. The monoisotopic (exact) mass is 223 g/mol. The molecule has 1 aromatic heterocycles. The van der Waals surface area contributed by atoms with Crippen LogP contribution in [0.15, 0.2) is 18.5 Å². The normalized spacial score (nSPS) is 23.2. The van der Waals surface area contributed by atoms with E-state index >= 15 is 0 Å².